The van der Waals surface area contributed by atoms with Crippen molar-refractivity contribution < 1.29 is 14.3 Å². The van der Waals surface area contributed by atoms with Gasteiger partial charge in [0.05, 0.1) is 6.61 Å². The van der Waals surface area contributed by atoms with Crippen molar-refractivity contribution in [3.05, 3.63) is 0 Å². The van der Waals surface area contributed by atoms with E-state index in [0.29, 0.717) is 6.61 Å². The highest BCUT2D eigenvalue weighted by molar-refractivity contribution is 6.23. The van der Waals surface area contributed by atoms with Crippen LogP contribution in [-0.2, 0) is 14.3 Å². The summed E-state index contributed by atoms with van der Waals surface area (Å²) in [5.41, 5.74) is 0. The predicted molar refractivity (Wildman–Crippen MR) is 70.8 cm³/mol. The zero-order chi connectivity index (χ0) is 13.4. The molecule has 0 bridgehead atoms. The lowest BCUT2D eigenvalue weighted by atomic mass is 9.84. The summed E-state index contributed by atoms with van der Waals surface area (Å²) < 4.78 is 4.87. The summed E-state index contributed by atoms with van der Waals surface area (Å²) in [7, 11) is 0. The minimum Gasteiger partial charge on any atom is -0.461 e. The van der Waals surface area contributed by atoms with Crippen LogP contribution in [0.5, 0.6) is 0 Å². The SMILES string of the molecule is CCCOC(=O)C=N[C@@H](C)C(=O)C1CCCCC1. The largest absolute Gasteiger partial charge is 0.461 e. The molecule has 1 fully saturated rings. The van der Waals surface area contributed by atoms with Crippen LogP contribution in [0.25, 0.3) is 0 Å². The average Bonchev–Trinajstić information content (AvgIpc) is 2.42. The van der Waals surface area contributed by atoms with Crippen LogP contribution in [0.15, 0.2) is 4.99 Å². The van der Waals surface area contributed by atoms with Crippen molar-refractivity contribution in [3.8, 4) is 0 Å². The molecule has 0 aliphatic heterocycles. The zero-order valence-electron chi connectivity index (χ0n) is 11.4. The minimum atomic E-state index is -0.458. The molecule has 0 unspecified atom stereocenters. The van der Waals surface area contributed by atoms with E-state index in [1.807, 2.05) is 6.92 Å². The van der Waals surface area contributed by atoms with Gasteiger partial charge in [0.2, 0.25) is 0 Å². The number of aliphatic imine (C=N–C) groups is 1. The van der Waals surface area contributed by atoms with Gasteiger partial charge in [-0.25, -0.2) is 4.79 Å². The molecule has 1 aliphatic rings. The number of rotatable bonds is 6. The smallest absolute Gasteiger partial charge is 0.348 e. The van der Waals surface area contributed by atoms with Gasteiger partial charge in [0, 0.05) is 5.92 Å². The van der Waals surface area contributed by atoms with E-state index in [9.17, 15) is 9.59 Å². The van der Waals surface area contributed by atoms with Crippen LogP contribution in [0.3, 0.4) is 0 Å². The third-order valence-electron chi connectivity index (χ3n) is 3.27. The first-order valence-corrected chi connectivity index (χ1v) is 6.88. The Morgan fingerprint density at radius 2 is 2.00 bits per heavy atom. The van der Waals surface area contributed by atoms with E-state index in [2.05, 4.69) is 4.99 Å². The molecule has 0 aromatic rings. The molecule has 0 aromatic carbocycles. The normalized spacial score (nSPS) is 18.8. The van der Waals surface area contributed by atoms with Gasteiger partial charge < -0.3 is 4.74 Å². The quantitative estimate of drug-likeness (QED) is 0.540. The van der Waals surface area contributed by atoms with Crippen molar-refractivity contribution in [2.24, 2.45) is 10.9 Å². The molecule has 0 saturated heterocycles. The molecule has 0 spiro atoms. The Bertz CT molecular complexity index is 306. The van der Waals surface area contributed by atoms with E-state index in [4.69, 9.17) is 4.74 Å². The molecular formula is C14H23NO3. The number of esters is 1. The maximum atomic E-state index is 12.1. The summed E-state index contributed by atoms with van der Waals surface area (Å²) in [5, 5.41) is 0. The number of ketones is 1. The molecule has 18 heavy (non-hydrogen) atoms. The number of nitrogens with zero attached hydrogens (tertiary/aromatic N) is 1. The summed E-state index contributed by atoms with van der Waals surface area (Å²) in [6, 6.07) is -0.428. The number of ether oxygens (including phenoxy) is 1. The van der Waals surface area contributed by atoms with Gasteiger partial charge in [-0.05, 0) is 26.2 Å². The molecule has 4 nitrogen and oxygen atoms in total. The highest BCUT2D eigenvalue weighted by Crippen LogP contribution is 2.25. The fourth-order valence-corrected chi connectivity index (χ4v) is 2.21. The van der Waals surface area contributed by atoms with Crippen LogP contribution in [0.4, 0.5) is 0 Å². The Hall–Kier alpha value is -1.19. The van der Waals surface area contributed by atoms with Crippen molar-refractivity contribution in [1.29, 1.82) is 0 Å². The molecule has 0 amide bonds. The molecule has 4 heteroatoms. The van der Waals surface area contributed by atoms with E-state index in [1.54, 1.807) is 6.92 Å². The van der Waals surface area contributed by atoms with Crippen molar-refractivity contribution in [1.82, 2.24) is 0 Å². The molecule has 1 atom stereocenters. The van der Waals surface area contributed by atoms with Crippen LogP contribution in [0.2, 0.25) is 0 Å². The van der Waals surface area contributed by atoms with Gasteiger partial charge in [0.25, 0.3) is 0 Å². The Labute approximate surface area is 109 Å². The minimum absolute atomic E-state index is 0.137. The standard InChI is InChI=1S/C14H23NO3/c1-3-9-18-13(16)10-15-11(2)14(17)12-7-5-4-6-8-12/h10-12H,3-9H2,1-2H3/t11-/m0/s1. The average molecular weight is 253 g/mol. The summed E-state index contributed by atoms with van der Waals surface area (Å²) in [5.74, 6) is -0.160. The molecule has 0 radical (unpaired) electrons. The number of carbonyl (C=O) groups excluding carboxylic acids is 2. The van der Waals surface area contributed by atoms with Crippen LogP contribution in [0, 0.1) is 5.92 Å². The fourth-order valence-electron chi connectivity index (χ4n) is 2.21. The van der Waals surface area contributed by atoms with Crippen molar-refractivity contribution in [2.45, 2.75) is 58.4 Å². The number of carbonyl (C=O) groups is 2. The lowest BCUT2D eigenvalue weighted by Crippen LogP contribution is -2.26. The lowest BCUT2D eigenvalue weighted by molar-refractivity contribution is -0.135. The van der Waals surface area contributed by atoms with Gasteiger partial charge in [0.1, 0.15) is 12.3 Å². The molecule has 102 valence electrons. The van der Waals surface area contributed by atoms with E-state index in [-0.39, 0.29) is 11.7 Å². The van der Waals surface area contributed by atoms with Crippen molar-refractivity contribution in [2.75, 3.05) is 6.61 Å². The van der Waals surface area contributed by atoms with E-state index < -0.39 is 12.0 Å². The van der Waals surface area contributed by atoms with E-state index in [0.717, 1.165) is 38.3 Å². The second-order valence-electron chi connectivity index (χ2n) is 4.86. The Morgan fingerprint density at radius 3 is 2.61 bits per heavy atom. The van der Waals surface area contributed by atoms with Gasteiger partial charge in [-0.15, -0.1) is 0 Å². The molecule has 0 N–H and O–H groups in total. The van der Waals surface area contributed by atoms with Gasteiger partial charge in [-0.3, -0.25) is 9.79 Å². The van der Waals surface area contributed by atoms with Gasteiger partial charge >= 0.3 is 5.97 Å². The molecule has 1 saturated carbocycles. The monoisotopic (exact) mass is 253 g/mol. The summed E-state index contributed by atoms with van der Waals surface area (Å²) in [6.45, 7) is 4.08. The lowest BCUT2D eigenvalue weighted by Gasteiger charge is -2.21. The number of hydrogen-bond acceptors (Lipinski definition) is 4. The first-order chi connectivity index (χ1) is 8.65. The third-order valence-corrected chi connectivity index (χ3v) is 3.27. The van der Waals surface area contributed by atoms with Crippen LogP contribution in [-0.4, -0.2) is 30.6 Å². The van der Waals surface area contributed by atoms with Crippen LogP contribution >= 0.6 is 0 Å². The van der Waals surface area contributed by atoms with Crippen LogP contribution in [0.1, 0.15) is 52.4 Å². The second kappa shape index (κ2) is 8.01. The topological polar surface area (TPSA) is 55.7 Å². The third kappa shape index (κ3) is 4.98. The van der Waals surface area contributed by atoms with Gasteiger partial charge in [-0.2, -0.15) is 0 Å². The first-order valence-electron chi connectivity index (χ1n) is 6.88. The Morgan fingerprint density at radius 1 is 1.33 bits per heavy atom. The Kier molecular flexibility index (Phi) is 6.61. The highest BCUT2D eigenvalue weighted by Gasteiger charge is 2.24. The van der Waals surface area contributed by atoms with Gasteiger partial charge in [0.15, 0.2) is 5.78 Å². The zero-order valence-corrected chi connectivity index (χ0v) is 11.4. The highest BCUT2D eigenvalue weighted by atomic mass is 16.5. The van der Waals surface area contributed by atoms with Crippen molar-refractivity contribution in [3.63, 3.8) is 0 Å². The molecular weight excluding hydrogens is 230 g/mol. The second-order valence-corrected chi connectivity index (χ2v) is 4.86. The fraction of sp³-hybridized carbons (Fsp3) is 0.786. The summed E-state index contributed by atoms with van der Waals surface area (Å²) in [4.78, 5) is 27.3. The van der Waals surface area contributed by atoms with Gasteiger partial charge in [-0.1, -0.05) is 26.2 Å². The van der Waals surface area contributed by atoms with Crippen molar-refractivity contribution >= 4 is 18.0 Å². The summed E-state index contributed by atoms with van der Waals surface area (Å²) in [6.07, 6.45) is 7.36. The van der Waals surface area contributed by atoms with E-state index in [1.165, 1.54) is 6.42 Å². The number of Topliss-reactive ketones (excluding diaryl/α,β-unsaturated/α-hetero) is 1. The molecule has 0 aromatic heterocycles. The number of hydrogen-bond donors (Lipinski definition) is 0. The summed E-state index contributed by atoms with van der Waals surface area (Å²) >= 11 is 0. The predicted octanol–water partition coefficient (Wildman–Crippen LogP) is 2.55. The molecule has 1 rings (SSSR count). The van der Waals surface area contributed by atoms with Crippen LogP contribution < -0.4 is 0 Å². The maximum Gasteiger partial charge on any atom is 0.348 e. The first kappa shape index (κ1) is 14.9. The molecule has 1 aliphatic carbocycles. The van der Waals surface area contributed by atoms with E-state index >= 15 is 0 Å². The maximum absolute atomic E-state index is 12.1. The molecule has 0 heterocycles. The Balaban J connectivity index is 2.38.